The molecule has 1 amide bonds. The van der Waals surface area contributed by atoms with Gasteiger partial charge in [-0.2, -0.15) is 8.78 Å². The van der Waals surface area contributed by atoms with Crippen molar-refractivity contribution in [3.8, 4) is 11.5 Å². The summed E-state index contributed by atoms with van der Waals surface area (Å²) in [6.45, 7) is 2.70. The molecule has 4 nitrogen and oxygen atoms in total. The molecule has 2 rings (SSSR count). The van der Waals surface area contributed by atoms with Crippen LogP contribution in [0.4, 0.5) is 8.78 Å². The first-order valence-corrected chi connectivity index (χ1v) is 7.83. The largest absolute Gasteiger partial charge is 0.493 e. The molecule has 0 saturated carbocycles. The summed E-state index contributed by atoms with van der Waals surface area (Å²) < 4.78 is 34.9. The highest BCUT2D eigenvalue weighted by molar-refractivity contribution is 5.98. The Balaban J connectivity index is 2.30. The molecule has 2 aromatic rings. The van der Waals surface area contributed by atoms with E-state index in [1.807, 2.05) is 39.0 Å². The van der Waals surface area contributed by atoms with Crippen molar-refractivity contribution >= 4 is 5.91 Å². The van der Waals surface area contributed by atoms with E-state index >= 15 is 0 Å². The van der Waals surface area contributed by atoms with Crippen LogP contribution in [0.2, 0.25) is 0 Å². The van der Waals surface area contributed by atoms with Crippen molar-refractivity contribution < 1.29 is 23.0 Å². The van der Waals surface area contributed by atoms with Gasteiger partial charge in [0.1, 0.15) is 0 Å². The third kappa shape index (κ3) is 4.47. The predicted octanol–water partition coefficient (Wildman–Crippen LogP) is 4.40. The fourth-order valence-corrected chi connectivity index (χ4v) is 2.64. The Morgan fingerprint density at radius 2 is 1.88 bits per heavy atom. The van der Waals surface area contributed by atoms with Crippen LogP contribution in [-0.2, 0) is 0 Å². The number of carbonyl (C=O) groups excluding carboxylic acids is 1. The van der Waals surface area contributed by atoms with E-state index in [9.17, 15) is 13.6 Å². The topological polar surface area (TPSA) is 47.6 Å². The van der Waals surface area contributed by atoms with Gasteiger partial charge in [0.05, 0.1) is 18.7 Å². The minimum Gasteiger partial charge on any atom is -0.493 e. The molecule has 0 radical (unpaired) electrons. The van der Waals surface area contributed by atoms with Crippen molar-refractivity contribution in [2.75, 3.05) is 7.11 Å². The van der Waals surface area contributed by atoms with E-state index in [0.29, 0.717) is 0 Å². The Morgan fingerprint density at radius 3 is 2.52 bits per heavy atom. The number of halogens is 2. The lowest BCUT2D eigenvalue weighted by molar-refractivity contribution is -0.0515. The number of amides is 1. The average Bonchev–Trinajstić information content (AvgIpc) is 2.56. The number of hydrogen-bond donors (Lipinski definition) is 1. The first-order chi connectivity index (χ1) is 11.8. The van der Waals surface area contributed by atoms with Crippen LogP contribution in [0, 0.1) is 13.8 Å². The van der Waals surface area contributed by atoms with Gasteiger partial charge in [-0.25, -0.2) is 0 Å². The molecule has 2 aromatic carbocycles. The molecule has 1 atom stereocenters. The second-order valence-corrected chi connectivity index (χ2v) is 5.77. The van der Waals surface area contributed by atoms with Gasteiger partial charge in [0.2, 0.25) is 0 Å². The zero-order valence-corrected chi connectivity index (χ0v) is 14.6. The minimum atomic E-state index is -3.06. The normalized spacial score (nSPS) is 12.0. The van der Waals surface area contributed by atoms with Gasteiger partial charge in [0.25, 0.3) is 5.91 Å². The van der Waals surface area contributed by atoms with Crippen molar-refractivity contribution in [3.05, 3.63) is 58.7 Å². The first-order valence-electron chi connectivity index (χ1n) is 7.83. The molecule has 1 unspecified atom stereocenters. The number of carbonyl (C=O) groups is 1. The van der Waals surface area contributed by atoms with Gasteiger partial charge in [0.15, 0.2) is 11.5 Å². The number of alkyl halides is 2. The molecule has 0 aliphatic carbocycles. The highest BCUT2D eigenvalue weighted by Gasteiger charge is 2.22. The fourth-order valence-electron chi connectivity index (χ4n) is 2.64. The maximum absolute atomic E-state index is 12.7. The number of aryl methyl sites for hydroxylation is 2. The zero-order valence-electron chi connectivity index (χ0n) is 14.6. The lowest BCUT2D eigenvalue weighted by Gasteiger charge is -2.19. The second-order valence-electron chi connectivity index (χ2n) is 5.77. The first kappa shape index (κ1) is 18.7. The van der Waals surface area contributed by atoms with Crippen LogP contribution in [0.15, 0.2) is 36.4 Å². The predicted molar refractivity (Wildman–Crippen MR) is 91.4 cm³/mol. The fraction of sp³-hybridized carbons (Fsp3) is 0.316. The third-order valence-corrected chi connectivity index (χ3v) is 3.90. The van der Waals surface area contributed by atoms with Crippen molar-refractivity contribution in [2.24, 2.45) is 0 Å². The van der Waals surface area contributed by atoms with E-state index in [1.165, 1.54) is 19.2 Å². The van der Waals surface area contributed by atoms with Crippen LogP contribution in [0.25, 0.3) is 0 Å². The molecular weight excluding hydrogens is 328 g/mol. The molecule has 0 heterocycles. The van der Waals surface area contributed by atoms with Crippen LogP contribution in [0.5, 0.6) is 11.5 Å². The SMILES string of the molecule is COc1cccc(C(=O)NC(C)c2cc(C)ccc2C)c1OC(F)F. The summed E-state index contributed by atoms with van der Waals surface area (Å²) >= 11 is 0. The molecule has 0 aliphatic rings. The van der Waals surface area contributed by atoms with Crippen molar-refractivity contribution in [3.63, 3.8) is 0 Å². The van der Waals surface area contributed by atoms with E-state index in [0.717, 1.165) is 16.7 Å². The number of nitrogens with one attached hydrogen (secondary N) is 1. The van der Waals surface area contributed by atoms with Crippen LogP contribution >= 0.6 is 0 Å². The number of hydrogen-bond acceptors (Lipinski definition) is 3. The van der Waals surface area contributed by atoms with Gasteiger partial charge in [0, 0.05) is 0 Å². The standard InChI is InChI=1S/C19H21F2NO3/c1-11-8-9-12(2)15(10-11)13(3)22-18(23)14-6-5-7-16(24-4)17(14)25-19(20)21/h5-10,13,19H,1-4H3,(H,22,23). The molecule has 6 heteroatoms. The molecule has 0 aromatic heterocycles. The molecule has 0 aliphatic heterocycles. The Hall–Kier alpha value is -2.63. The number of benzene rings is 2. The number of para-hydroxylation sites is 1. The van der Waals surface area contributed by atoms with E-state index in [-0.39, 0.29) is 23.1 Å². The van der Waals surface area contributed by atoms with E-state index in [2.05, 4.69) is 10.1 Å². The third-order valence-electron chi connectivity index (χ3n) is 3.90. The van der Waals surface area contributed by atoms with Gasteiger partial charge in [-0.05, 0) is 44.0 Å². The number of methoxy groups -OCH3 is 1. The zero-order chi connectivity index (χ0) is 18.6. The molecule has 1 N–H and O–H groups in total. The van der Waals surface area contributed by atoms with E-state index in [1.54, 1.807) is 6.07 Å². The maximum Gasteiger partial charge on any atom is 0.387 e. The average molecular weight is 349 g/mol. The van der Waals surface area contributed by atoms with E-state index in [4.69, 9.17) is 4.74 Å². The monoisotopic (exact) mass is 349 g/mol. The van der Waals surface area contributed by atoms with Gasteiger partial charge >= 0.3 is 6.61 Å². The van der Waals surface area contributed by atoms with Crippen LogP contribution in [0.1, 0.15) is 40.0 Å². The lowest BCUT2D eigenvalue weighted by Crippen LogP contribution is -2.28. The summed E-state index contributed by atoms with van der Waals surface area (Å²) in [5, 5.41) is 2.83. The maximum atomic E-state index is 12.7. The summed E-state index contributed by atoms with van der Waals surface area (Å²) in [6, 6.07) is 10.1. The highest BCUT2D eigenvalue weighted by atomic mass is 19.3. The number of rotatable bonds is 6. The van der Waals surface area contributed by atoms with Crippen molar-refractivity contribution in [2.45, 2.75) is 33.4 Å². The lowest BCUT2D eigenvalue weighted by atomic mass is 9.99. The van der Waals surface area contributed by atoms with Crippen LogP contribution < -0.4 is 14.8 Å². The Morgan fingerprint density at radius 1 is 1.16 bits per heavy atom. The van der Waals surface area contributed by atoms with Gasteiger partial charge < -0.3 is 14.8 Å². The Kier molecular flexibility index (Phi) is 5.96. The molecule has 0 fully saturated rings. The quantitative estimate of drug-likeness (QED) is 0.841. The summed E-state index contributed by atoms with van der Waals surface area (Å²) in [4.78, 5) is 12.6. The van der Waals surface area contributed by atoms with Crippen LogP contribution in [-0.4, -0.2) is 19.6 Å². The smallest absolute Gasteiger partial charge is 0.387 e. The van der Waals surface area contributed by atoms with Crippen molar-refractivity contribution in [1.82, 2.24) is 5.32 Å². The Bertz CT molecular complexity index is 762. The second kappa shape index (κ2) is 7.96. The summed E-state index contributed by atoms with van der Waals surface area (Å²) in [5.74, 6) is -0.707. The molecule has 0 spiro atoms. The summed E-state index contributed by atoms with van der Waals surface area (Å²) in [5.41, 5.74) is 3.07. The summed E-state index contributed by atoms with van der Waals surface area (Å²) in [6.07, 6.45) is 0. The van der Waals surface area contributed by atoms with Crippen molar-refractivity contribution in [1.29, 1.82) is 0 Å². The minimum absolute atomic E-state index is 0.00296. The highest BCUT2D eigenvalue weighted by Crippen LogP contribution is 2.33. The van der Waals surface area contributed by atoms with Gasteiger partial charge in [-0.1, -0.05) is 29.8 Å². The van der Waals surface area contributed by atoms with Gasteiger partial charge in [-0.3, -0.25) is 4.79 Å². The molecular formula is C19H21F2NO3. The number of ether oxygens (including phenoxy) is 2. The molecule has 0 bridgehead atoms. The van der Waals surface area contributed by atoms with E-state index < -0.39 is 12.5 Å². The van der Waals surface area contributed by atoms with Gasteiger partial charge in [-0.15, -0.1) is 0 Å². The summed E-state index contributed by atoms with van der Waals surface area (Å²) in [7, 11) is 1.33. The molecule has 134 valence electrons. The molecule has 0 saturated heterocycles. The molecule has 25 heavy (non-hydrogen) atoms. The van der Waals surface area contributed by atoms with Crippen LogP contribution in [0.3, 0.4) is 0 Å². The Labute approximate surface area is 145 Å².